The molecule has 0 radical (unpaired) electrons. The molecule has 0 aromatic rings. The van der Waals surface area contributed by atoms with Crippen molar-refractivity contribution in [2.24, 2.45) is 17.3 Å². The largest absolute Gasteiger partial charge is 0.456 e. The highest BCUT2D eigenvalue weighted by Crippen LogP contribution is 2.65. The van der Waals surface area contributed by atoms with Gasteiger partial charge >= 0.3 is 5.97 Å². The van der Waals surface area contributed by atoms with Crippen molar-refractivity contribution < 1.29 is 19.1 Å². The van der Waals surface area contributed by atoms with Crippen LogP contribution in [0.4, 0.5) is 0 Å². The summed E-state index contributed by atoms with van der Waals surface area (Å²) in [6.45, 7) is 0.704. The average Bonchev–Trinajstić information content (AvgIpc) is 2.42. The van der Waals surface area contributed by atoms with E-state index < -0.39 is 0 Å². The van der Waals surface area contributed by atoms with Crippen molar-refractivity contribution in [1.29, 1.82) is 0 Å². The van der Waals surface area contributed by atoms with E-state index in [0.29, 0.717) is 19.6 Å². The number of halogens is 1. The van der Waals surface area contributed by atoms with Crippen molar-refractivity contribution in [2.45, 2.75) is 49.3 Å². The summed E-state index contributed by atoms with van der Waals surface area (Å²) in [7, 11) is 1.58. The van der Waals surface area contributed by atoms with Crippen molar-refractivity contribution in [3.05, 3.63) is 0 Å². The molecule has 4 aliphatic carbocycles. The first-order chi connectivity index (χ1) is 10.9. The normalized spacial score (nSPS) is 37.7. The number of esters is 1. The van der Waals surface area contributed by atoms with E-state index in [1.54, 1.807) is 7.11 Å². The molecule has 2 atom stereocenters. The number of ether oxygens (including phenoxy) is 2. The molecule has 6 heteroatoms. The number of hydrogen-bond donors (Lipinski definition) is 1. The fourth-order valence-electron chi connectivity index (χ4n) is 5.39. The molecular formula is C17H26BrNO4. The van der Waals surface area contributed by atoms with Crippen LogP contribution in [0.25, 0.3) is 0 Å². The zero-order valence-corrected chi connectivity index (χ0v) is 15.3. The van der Waals surface area contributed by atoms with Gasteiger partial charge in [0.1, 0.15) is 0 Å². The summed E-state index contributed by atoms with van der Waals surface area (Å²) in [5, 5.41) is 2.66. The number of methoxy groups -OCH3 is 1. The molecule has 0 aliphatic heterocycles. The van der Waals surface area contributed by atoms with Crippen LogP contribution >= 0.6 is 15.9 Å². The molecule has 0 aromatic carbocycles. The molecule has 0 aromatic heterocycles. The van der Waals surface area contributed by atoms with Crippen LogP contribution in [0.3, 0.4) is 0 Å². The second-order valence-electron chi connectivity index (χ2n) is 7.79. The van der Waals surface area contributed by atoms with Gasteiger partial charge in [0, 0.05) is 18.0 Å². The second kappa shape index (κ2) is 6.71. The number of carbonyl (C=O) groups is 2. The molecule has 4 rings (SSSR count). The van der Waals surface area contributed by atoms with Gasteiger partial charge in [-0.3, -0.25) is 9.59 Å². The summed E-state index contributed by atoms with van der Waals surface area (Å²) in [5.74, 6) is 1.00. The van der Waals surface area contributed by atoms with Gasteiger partial charge in [0.15, 0.2) is 6.61 Å². The van der Waals surface area contributed by atoms with Crippen LogP contribution in [0.2, 0.25) is 0 Å². The van der Waals surface area contributed by atoms with Crippen molar-refractivity contribution >= 4 is 27.8 Å². The minimum Gasteiger partial charge on any atom is -0.456 e. The van der Waals surface area contributed by atoms with Gasteiger partial charge in [0.05, 0.1) is 13.0 Å². The maximum absolute atomic E-state index is 12.2. The van der Waals surface area contributed by atoms with Crippen molar-refractivity contribution in [3.8, 4) is 0 Å². The summed E-state index contributed by atoms with van der Waals surface area (Å²) in [6.07, 6.45) is 7.65. The molecule has 130 valence electrons. The summed E-state index contributed by atoms with van der Waals surface area (Å²) in [5.41, 5.74) is 0.0944. The van der Waals surface area contributed by atoms with E-state index in [1.165, 1.54) is 19.3 Å². The van der Waals surface area contributed by atoms with E-state index in [0.717, 1.165) is 31.1 Å². The molecule has 0 heterocycles. The lowest BCUT2D eigenvalue weighted by Crippen LogP contribution is -2.53. The van der Waals surface area contributed by atoms with E-state index in [-0.39, 0.29) is 28.2 Å². The van der Waals surface area contributed by atoms with E-state index in [9.17, 15) is 9.59 Å². The van der Waals surface area contributed by atoms with Gasteiger partial charge in [-0.1, -0.05) is 15.9 Å². The average molecular weight is 388 g/mol. The molecule has 4 aliphatic rings. The van der Waals surface area contributed by atoms with E-state index in [2.05, 4.69) is 21.2 Å². The number of carbonyl (C=O) groups excluding carboxylic acids is 2. The lowest BCUT2D eigenvalue weighted by Gasteiger charge is -2.60. The first-order valence-electron chi connectivity index (χ1n) is 8.52. The molecular weight excluding hydrogens is 362 g/mol. The van der Waals surface area contributed by atoms with Gasteiger partial charge in [0.25, 0.3) is 5.91 Å². The number of hydrogen-bond acceptors (Lipinski definition) is 4. The fraction of sp³-hybridized carbons (Fsp3) is 0.882. The molecule has 1 N–H and O–H groups in total. The maximum atomic E-state index is 12.2. The highest BCUT2D eigenvalue weighted by Gasteiger charge is 2.57. The van der Waals surface area contributed by atoms with E-state index >= 15 is 0 Å². The van der Waals surface area contributed by atoms with Crippen LogP contribution in [0, 0.1) is 17.3 Å². The Hall–Kier alpha value is -0.620. The van der Waals surface area contributed by atoms with Crippen LogP contribution < -0.4 is 5.32 Å². The second-order valence-corrected chi connectivity index (χ2v) is 9.47. The zero-order chi connectivity index (χ0) is 16.5. The van der Waals surface area contributed by atoms with Gasteiger partial charge < -0.3 is 14.8 Å². The van der Waals surface area contributed by atoms with Gasteiger partial charge in [-0.05, 0) is 55.8 Å². The van der Waals surface area contributed by atoms with Crippen LogP contribution in [0.1, 0.15) is 44.9 Å². The Kier molecular flexibility index (Phi) is 5.02. The highest BCUT2D eigenvalue weighted by molar-refractivity contribution is 9.10. The molecule has 5 nitrogen and oxygen atoms in total. The van der Waals surface area contributed by atoms with Gasteiger partial charge in [-0.2, -0.15) is 0 Å². The molecule has 0 unspecified atom stereocenters. The lowest BCUT2D eigenvalue weighted by atomic mass is 9.49. The third kappa shape index (κ3) is 4.08. The summed E-state index contributed by atoms with van der Waals surface area (Å²) in [4.78, 5) is 23.8. The molecule has 0 spiro atoms. The minimum atomic E-state index is -0.266. The van der Waals surface area contributed by atoms with Gasteiger partial charge in [-0.25, -0.2) is 0 Å². The summed E-state index contributed by atoms with van der Waals surface area (Å²) in [6, 6.07) is 0. The molecule has 0 saturated heterocycles. The molecule has 4 bridgehead atoms. The third-order valence-corrected chi connectivity index (χ3v) is 6.55. The van der Waals surface area contributed by atoms with Crippen LogP contribution in [0.5, 0.6) is 0 Å². The van der Waals surface area contributed by atoms with Crippen LogP contribution in [-0.4, -0.2) is 43.1 Å². The Morgan fingerprint density at radius 3 is 2.52 bits per heavy atom. The van der Waals surface area contributed by atoms with Crippen molar-refractivity contribution in [2.75, 3.05) is 26.9 Å². The standard InChI is InChI=1S/C17H26BrNO4/c1-22-3-2-19-14(20)10-23-15(21)9-16-5-12-4-13(6-16)8-17(18,7-12)11-16/h12-13H,2-11H2,1H3,(H,19,20)/t12-,13-,16?,17?/m0/s1. The summed E-state index contributed by atoms with van der Waals surface area (Å²) < 4.78 is 10.3. The van der Waals surface area contributed by atoms with Crippen LogP contribution in [-0.2, 0) is 19.1 Å². The molecule has 4 saturated carbocycles. The van der Waals surface area contributed by atoms with E-state index in [4.69, 9.17) is 9.47 Å². The third-order valence-electron chi connectivity index (χ3n) is 5.62. The predicted octanol–water partition coefficient (Wildman–Crippen LogP) is 2.42. The SMILES string of the molecule is COCCNC(=O)COC(=O)CC12C[C@@H]3C[C@H](CC(Br)(C3)C1)C2. The smallest absolute Gasteiger partial charge is 0.306 e. The molecule has 1 amide bonds. The van der Waals surface area contributed by atoms with Crippen molar-refractivity contribution in [1.82, 2.24) is 5.32 Å². The highest BCUT2D eigenvalue weighted by atomic mass is 79.9. The zero-order valence-electron chi connectivity index (χ0n) is 13.7. The fourth-order valence-corrected chi connectivity index (χ4v) is 6.90. The lowest BCUT2D eigenvalue weighted by molar-refractivity contribution is -0.154. The number of rotatable bonds is 7. The Bertz CT molecular complexity index is 467. The Morgan fingerprint density at radius 1 is 1.22 bits per heavy atom. The van der Waals surface area contributed by atoms with E-state index in [1.807, 2.05) is 0 Å². The minimum absolute atomic E-state index is 0.0944. The molecule has 23 heavy (non-hydrogen) atoms. The Morgan fingerprint density at radius 2 is 1.91 bits per heavy atom. The predicted molar refractivity (Wildman–Crippen MR) is 89.2 cm³/mol. The number of amides is 1. The van der Waals surface area contributed by atoms with Crippen molar-refractivity contribution in [3.63, 3.8) is 0 Å². The number of alkyl halides is 1. The Balaban J connectivity index is 1.47. The first-order valence-corrected chi connectivity index (χ1v) is 9.31. The van der Waals surface area contributed by atoms with Gasteiger partial charge in [-0.15, -0.1) is 0 Å². The molecule has 4 fully saturated rings. The number of nitrogens with one attached hydrogen (secondary N) is 1. The monoisotopic (exact) mass is 387 g/mol. The van der Waals surface area contributed by atoms with Gasteiger partial charge in [0.2, 0.25) is 0 Å². The maximum Gasteiger partial charge on any atom is 0.306 e. The summed E-state index contributed by atoms with van der Waals surface area (Å²) >= 11 is 3.95. The quantitative estimate of drug-likeness (QED) is 0.413. The Labute approximate surface area is 146 Å². The topological polar surface area (TPSA) is 64.6 Å². The first kappa shape index (κ1) is 17.2. The van der Waals surface area contributed by atoms with Crippen LogP contribution in [0.15, 0.2) is 0 Å².